The molecule has 0 aromatic heterocycles. The second kappa shape index (κ2) is 12.0. The standard InChI is InChI=1S/C26H37N3O5S/c1-5-27(6-2)25(30)24(21-10-8-7-9-11-21)28-16-18-29(19-17-28)26(31)34-22-12-14-23(15-13-22)35(32,33)20(3)4/h7-15,20,24-25,30H,5-6,16-19H2,1-4H3. The van der Waals surface area contributed by atoms with Crippen LogP contribution in [-0.4, -0.2) is 85.1 Å². The maximum absolute atomic E-state index is 12.7. The number of ether oxygens (including phenoxy) is 1. The van der Waals surface area contributed by atoms with E-state index in [1.54, 1.807) is 18.7 Å². The molecule has 0 saturated carbocycles. The Morgan fingerprint density at radius 1 is 0.971 bits per heavy atom. The van der Waals surface area contributed by atoms with Crippen molar-refractivity contribution in [3.8, 4) is 5.75 Å². The van der Waals surface area contributed by atoms with Gasteiger partial charge < -0.3 is 14.7 Å². The molecule has 3 rings (SSSR count). The van der Waals surface area contributed by atoms with E-state index in [-0.39, 0.29) is 10.9 Å². The molecule has 9 heteroatoms. The minimum atomic E-state index is -3.38. The van der Waals surface area contributed by atoms with E-state index in [0.29, 0.717) is 31.9 Å². The lowest BCUT2D eigenvalue weighted by Gasteiger charge is -2.43. The van der Waals surface area contributed by atoms with Gasteiger partial charge in [-0.1, -0.05) is 44.2 Å². The summed E-state index contributed by atoms with van der Waals surface area (Å²) in [5.41, 5.74) is 1.04. The molecule has 0 radical (unpaired) electrons. The summed E-state index contributed by atoms with van der Waals surface area (Å²) in [6.07, 6.45) is -1.13. The first kappa shape index (κ1) is 27.1. The number of sulfone groups is 1. The van der Waals surface area contributed by atoms with Crippen molar-refractivity contribution in [1.29, 1.82) is 0 Å². The van der Waals surface area contributed by atoms with Crippen LogP contribution in [0.25, 0.3) is 0 Å². The lowest BCUT2D eigenvalue weighted by atomic mass is 10.0. The van der Waals surface area contributed by atoms with Crippen LogP contribution >= 0.6 is 0 Å². The molecule has 8 nitrogen and oxygen atoms in total. The van der Waals surface area contributed by atoms with Crippen LogP contribution in [0, 0.1) is 0 Å². The molecule has 2 aromatic carbocycles. The Hall–Kier alpha value is -2.46. The Morgan fingerprint density at radius 3 is 2.06 bits per heavy atom. The number of nitrogens with zero attached hydrogens (tertiary/aromatic N) is 3. The van der Waals surface area contributed by atoms with Gasteiger partial charge in [-0.2, -0.15) is 0 Å². The largest absolute Gasteiger partial charge is 0.415 e. The fourth-order valence-corrected chi connectivity index (χ4v) is 5.40. The van der Waals surface area contributed by atoms with Crippen LogP contribution in [-0.2, 0) is 9.84 Å². The van der Waals surface area contributed by atoms with Crippen molar-refractivity contribution in [3.05, 3.63) is 60.2 Å². The number of aliphatic hydroxyl groups is 1. The third-order valence-corrected chi connectivity index (χ3v) is 8.72. The monoisotopic (exact) mass is 503 g/mol. The minimum Gasteiger partial charge on any atom is -0.410 e. The predicted octanol–water partition coefficient (Wildman–Crippen LogP) is 3.39. The predicted molar refractivity (Wildman–Crippen MR) is 136 cm³/mol. The molecule has 1 aliphatic rings. The van der Waals surface area contributed by atoms with Gasteiger partial charge in [0.15, 0.2) is 9.84 Å². The van der Waals surface area contributed by atoms with E-state index in [1.165, 1.54) is 24.3 Å². The van der Waals surface area contributed by atoms with Gasteiger partial charge in [-0.3, -0.25) is 9.80 Å². The smallest absolute Gasteiger partial charge is 0.410 e. The zero-order chi connectivity index (χ0) is 25.6. The lowest BCUT2D eigenvalue weighted by Crippen LogP contribution is -2.54. The quantitative estimate of drug-likeness (QED) is 0.525. The average molecular weight is 504 g/mol. The minimum absolute atomic E-state index is 0.204. The highest BCUT2D eigenvalue weighted by atomic mass is 32.2. The number of piperazine rings is 1. The zero-order valence-corrected chi connectivity index (χ0v) is 21.8. The number of hydrogen-bond acceptors (Lipinski definition) is 7. The van der Waals surface area contributed by atoms with Crippen LogP contribution in [0.3, 0.4) is 0 Å². The van der Waals surface area contributed by atoms with Crippen molar-refractivity contribution in [2.75, 3.05) is 39.3 Å². The van der Waals surface area contributed by atoms with Gasteiger partial charge in [0, 0.05) is 26.2 Å². The number of rotatable bonds is 9. The van der Waals surface area contributed by atoms with Crippen LogP contribution in [0.2, 0.25) is 0 Å². The summed E-state index contributed by atoms with van der Waals surface area (Å²) in [5.74, 6) is 0.305. The normalized spacial score (nSPS) is 16.9. The summed E-state index contributed by atoms with van der Waals surface area (Å²) in [6.45, 7) is 10.9. The van der Waals surface area contributed by atoms with Gasteiger partial charge in [0.1, 0.15) is 12.0 Å². The first-order valence-corrected chi connectivity index (χ1v) is 13.8. The summed E-state index contributed by atoms with van der Waals surface area (Å²) in [6, 6.07) is 15.7. The van der Waals surface area contributed by atoms with Gasteiger partial charge in [0.25, 0.3) is 0 Å². The summed E-state index contributed by atoms with van der Waals surface area (Å²) >= 11 is 0. The molecule has 1 heterocycles. The van der Waals surface area contributed by atoms with Crippen LogP contribution in [0.5, 0.6) is 5.75 Å². The van der Waals surface area contributed by atoms with Crippen molar-refractivity contribution >= 4 is 15.9 Å². The van der Waals surface area contributed by atoms with Crippen molar-refractivity contribution in [3.63, 3.8) is 0 Å². The Bertz CT molecular complexity index is 1050. The molecular formula is C26H37N3O5S. The summed E-state index contributed by atoms with van der Waals surface area (Å²) in [4.78, 5) is 18.8. The number of carbonyl (C=O) groups excluding carboxylic acids is 1. The topological polar surface area (TPSA) is 90.4 Å². The first-order chi connectivity index (χ1) is 16.7. The molecule has 0 bridgehead atoms. The number of hydrogen-bond donors (Lipinski definition) is 1. The maximum atomic E-state index is 12.7. The van der Waals surface area contributed by atoms with Crippen molar-refractivity contribution in [1.82, 2.24) is 14.7 Å². The number of aliphatic hydroxyl groups excluding tert-OH is 1. The number of amides is 1. The highest BCUT2D eigenvalue weighted by Gasteiger charge is 2.34. The molecule has 2 atom stereocenters. The Labute approximate surface area is 209 Å². The van der Waals surface area contributed by atoms with Gasteiger partial charge in [-0.15, -0.1) is 0 Å². The van der Waals surface area contributed by atoms with E-state index in [1.807, 2.05) is 49.1 Å². The molecule has 1 fully saturated rings. The maximum Gasteiger partial charge on any atom is 0.415 e. The molecule has 1 amide bonds. The van der Waals surface area contributed by atoms with Gasteiger partial charge in [0.2, 0.25) is 0 Å². The molecule has 192 valence electrons. The molecule has 1 N–H and O–H groups in total. The van der Waals surface area contributed by atoms with Crippen LogP contribution in [0.1, 0.15) is 39.3 Å². The fraction of sp³-hybridized carbons (Fsp3) is 0.500. The molecule has 35 heavy (non-hydrogen) atoms. The van der Waals surface area contributed by atoms with E-state index in [0.717, 1.165) is 18.7 Å². The molecule has 2 unspecified atom stereocenters. The van der Waals surface area contributed by atoms with Crippen LogP contribution < -0.4 is 4.74 Å². The van der Waals surface area contributed by atoms with E-state index in [2.05, 4.69) is 4.90 Å². The second-order valence-corrected chi connectivity index (χ2v) is 11.5. The molecule has 0 aliphatic carbocycles. The zero-order valence-electron chi connectivity index (χ0n) is 21.0. The van der Waals surface area contributed by atoms with Crippen molar-refractivity contribution in [2.45, 2.75) is 50.1 Å². The van der Waals surface area contributed by atoms with Gasteiger partial charge >= 0.3 is 6.09 Å². The third-order valence-electron chi connectivity index (χ3n) is 6.55. The Morgan fingerprint density at radius 2 is 1.54 bits per heavy atom. The molecular weight excluding hydrogens is 466 g/mol. The van der Waals surface area contributed by atoms with Crippen LogP contribution in [0.15, 0.2) is 59.5 Å². The Balaban J connectivity index is 1.65. The molecule has 1 saturated heterocycles. The molecule has 2 aromatic rings. The molecule has 0 spiro atoms. The van der Waals surface area contributed by atoms with E-state index >= 15 is 0 Å². The average Bonchev–Trinajstić information content (AvgIpc) is 2.86. The van der Waals surface area contributed by atoms with E-state index in [9.17, 15) is 18.3 Å². The number of carbonyl (C=O) groups is 1. The van der Waals surface area contributed by atoms with Crippen molar-refractivity contribution < 1.29 is 23.1 Å². The first-order valence-electron chi connectivity index (χ1n) is 12.2. The number of benzene rings is 2. The van der Waals surface area contributed by atoms with Gasteiger partial charge in [-0.05, 0) is 56.8 Å². The summed E-state index contributed by atoms with van der Waals surface area (Å²) in [5, 5.41) is 10.7. The second-order valence-electron chi connectivity index (χ2n) is 8.95. The summed E-state index contributed by atoms with van der Waals surface area (Å²) in [7, 11) is -3.38. The highest BCUT2D eigenvalue weighted by molar-refractivity contribution is 7.92. The summed E-state index contributed by atoms with van der Waals surface area (Å²) < 4.78 is 30.1. The van der Waals surface area contributed by atoms with Gasteiger partial charge in [0.05, 0.1) is 16.2 Å². The SMILES string of the molecule is CCN(CC)C(O)C(c1ccccc1)N1CCN(C(=O)Oc2ccc(S(=O)(=O)C(C)C)cc2)CC1. The lowest BCUT2D eigenvalue weighted by molar-refractivity contribution is -0.0670. The number of likely N-dealkylation sites (N-methyl/N-ethyl adjacent to an activating group) is 1. The van der Waals surface area contributed by atoms with Gasteiger partial charge in [-0.25, -0.2) is 13.2 Å². The Kier molecular flexibility index (Phi) is 9.29. The van der Waals surface area contributed by atoms with Crippen molar-refractivity contribution in [2.24, 2.45) is 0 Å². The third kappa shape index (κ3) is 6.41. The molecule has 1 aliphatic heterocycles. The highest BCUT2D eigenvalue weighted by Crippen LogP contribution is 2.28. The van der Waals surface area contributed by atoms with Crippen LogP contribution in [0.4, 0.5) is 4.79 Å². The van der Waals surface area contributed by atoms with E-state index < -0.39 is 27.4 Å². The fourth-order valence-electron chi connectivity index (χ4n) is 4.34. The van der Waals surface area contributed by atoms with E-state index in [4.69, 9.17) is 4.74 Å².